The van der Waals surface area contributed by atoms with Crippen molar-refractivity contribution in [1.29, 1.82) is 0 Å². The number of unbranched alkanes of at least 4 members (excludes halogenated alkanes) is 3. The summed E-state index contributed by atoms with van der Waals surface area (Å²) in [6.07, 6.45) is 5.14. The second kappa shape index (κ2) is 38.6. The monoisotopic (exact) mass is 1080 g/mol. The van der Waals surface area contributed by atoms with Gasteiger partial charge in [0.15, 0.2) is 0 Å². The molecule has 9 atom stereocenters. The molecule has 440 valence electrons. The third kappa shape index (κ3) is 30.7. The quantitative estimate of drug-likeness (QED) is 0.0390. The first-order chi connectivity index (χ1) is 35.6. The molecular formula is C54H104N12O10. The normalized spacial score (nSPS) is 15.2. The van der Waals surface area contributed by atoms with Crippen LogP contribution < -0.4 is 65.5 Å². The van der Waals surface area contributed by atoms with Crippen LogP contribution in [0.15, 0.2) is 0 Å². The number of carbonyl (C=O) groups is 9. The van der Waals surface area contributed by atoms with Crippen LogP contribution in [0.2, 0.25) is 0 Å². The van der Waals surface area contributed by atoms with Crippen LogP contribution in [0.5, 0.6) is 0 Å². The van der Waals surface area contributed by atoms with Gasteiger partial charge in [0.05, 0.1) is 6.04 Å². The minimum Gasteiger partial charge on any atom is -0.480 e. The van der Waals surface area contributed by atoms with E-state index in [1.165, 1.54) is 0 Å². The van der Waals surface area contributed by atoms with Crippen LogP contribution in [0.4, 0.5) is 0 Å². The van der Waals surface area contributed by atoms with E-state index in [4.69, 9.17) is 22.9 Å². The standard InChI is InChI=1S/C54H104N12O10/c1-31(2)25-40(61-46(67)37(58)19-13-16-22-55)50(71)65-44(29-35(9)10)52(73)63-41(26-32(3)4)48(69)59-38(20-14-17-23-56)47(68)62-43(28-34(7)8)51(72)66-45(30-36(11)12)53(74)64-42(27-33(5)6)49(70)60-39(54(75)76)21-15-18-24-57/h31-45H,13-30,55-58H2,1-12H3,(H,59,69)(H,60,70)(H,61,67)(H,62,68)(H,63,73)(H,64,74)(H,65,71)(H,66,72)(H,75,76)/t37-,38-,39-,40-,41-,42-,43-,44-,45-/m0/s1. The predicted molar refractivity (Wildman–Crippen MR) is 297 cm³/mol. The van der Waals surface area contributed by atoms with Gasteiger partial charge in [0.2, 0.25) is 47.3 Å². The number of hydrogen-bond acceptors (Lipinski definition) is 13. The largest absolute Gasteiger partial charge is 0.480 e. The summed E-state index contributed by atoms with van der Waals surface area (Å²) in [6, 6.07) is -9.92. The Labute approximate surface area is 454 Å². The number of amides is 8. The lowest BCUT2D eigenvalue weighted by Gasteiger charge is -2.30. The number of hydrogen-bond donors (Lipinski definition) is 13. The molecule has 0 spiro atoms. The van der Waals surface area contributed by atoms with E-state index in [1.54, 1.807) is 0 Å². The van der Waals surface area contributed by atoms with Gasteiger partial charge in [-0.2, -0.15) is 0 Å². The summed E-state index contributed by atoms with van der Waals surface area (Å²) in [4.78, 5) is 124. The van der Waals surface area contributed by atoms with Gasteiger partial charge in [-0.15, -0.1) is 0 Å². The van der Waals surface area contributed by atoms with Crippen molar-refractivity contribution in [2.45, 2.75) is 234 Å². The Kier molecular flexibility index (Phi) is 36.1. The maximum absolute atomic E-state index is 14.4. The summed E-state index contributed by atoms with van der Waals surface area (Å²) in [7, 11) is 0. The Morgan fingerprint density at radius 1 is 0.303 bits per heavy atom. The fraction of sp³-hybridized carbons (Fsp3) is 0.833. The van der Waals surface area contributed by atoms with Crippen molar-refractivity contribution in [3.8, 4) is 0 Å². The zero-order valence-electron chi connectivity index (χ0n) is 48.3. The van der Waals surface area contributed by atoms with Crippen LogP contribution >= 0.6 is 0 Å². The molecule has 0 heterocycles. The van der Waals surface area contributed by atoms with E-state index in [0.29, 0.717) is 64.6 Å². The van der Waals surface area contributed by atoms with Gasteiger partial charge >= 0.3 is 5.97 Å². The molecule has 0 unspecified atom stereocenters. The maximum atomic E-state index is 14.4. The zero-order chi connectivity index (χ0) is 58.2. The Morgan fingerprint density at radius 2 is 0.500 bits per heavy atom. The first-order valence-electron chi connectivity index (χ1n) is 28.1. The molecule has 0 aliphatic carbocycles. The lowest BCUT2D eigenvalue weighted by atomic mass is 9.97. The second-order valence-electron chi connectivity index (χ2n) is 23.1. The van der Waals surface area contributed by atoms with Gasteiger partial charge in [-0.1, -0.05) is 89.5 Å². The summed E-state index contributed by atoms with van der Waals surface area (Å²) in [5, 5.41) is 32.0. The number of carbonyl (C=O) groups excluding carboxylic acids is 8. The lowest BCUT2D eigenvalue weighted by molar-refractivity contribution is -0.142. The van der Waals surface area contributed by atoms with Crippen molar-refractivity contribution < 1.29 is 48.3 Å². The van der Waals surface area contributed by atoms with E-state index in [-0.39, 0.29) is 86.9 Å². The van der Waals surface area contributed by atoms with E-state index in [1.807, 2.05) is 83.1 Å². The third-order valence-corrected chi connectivity index (χ3v) is 12.5. The number of carboxylic acid groups (broad SMARTS) is 1. The van der Waals surface area contributed by atoms with Crippen molar-refractivity contribution in [2.24, 2.45) is 58.4 Å². The number of rotatable bonds is 41. The molecule has 0 saturated heterocycles. The summed E-state index contributed by atoms with van der Waals surface area (Å²) in [6.45, 7) is 23.6. The molecule has 0 bridgehead atoms. The number of aliphatic carboxylic acids is 1. The molecule has 0 aromatic carbocycles. The maximum Gasteiger partial charge on any atom is 0.326 e. The van der Waals surface area contributed by atoms with Crippen molar-refractivity contribution in [3.63, 3.8) is 0 Å². The zero-order valence-corrected chi connectivity index (χ0v) is 48.3. The lowest BCUT2D eigenvalue weighted by Crippen LogP contribution is -2.60. The molecule has 0 aromatic rings. The molecule has 8 amide bonds. The number of nitrogens with two attached hydrogens (primary N) is 4. The van der Waals surface area contributed by atoms with E-state index >= 15 is 0 Å². The van der Waals surface area contributed by atoms with Crippen molar-refractivity contribution >= 4 is 53.2 Å². The van der Waals surface area contributed by atoms with E-state index in [9.17, 15) is 48.3 Å². The molecule has 22 heteroatoms. The fourth-order valence-corrected chi connectivity index (χ4v) is 8.55. The van der Waals surface area contributed by atoms with E-state index in [2.05, 4.69) is 42.5 Å². The van der Waals surface area contributed by atoms with Gasteiger partial charge in [-0.3, -0.25) is 38.4 Å². The minimum absolute atomic E-state index is 0.00656. The highest BCUT2D eigenvalue weighted by Crippen LogP contribution is 2.16. The smallest absolute Gasteiger partial charge is 0.326 e. The Hall–Kier alpha value is -4.93. The molecule has 0 fully saturated rings. The first-order valence-corrected chi connectivity index (χ1v) is 28.1. The summed E-state index contributed by atoms with van der Waals surface area (Å²) in [5.41, 5.74) is 23.2. The molecule has 22 nitrogen and oxygen atoms in total. The van der Waals surface area contributed by atoms with Crippen molar-refractivity contribution in [1.82, 2.24) is 42.5 Å². The average Bonchev–Trinajstić information content (AvgIpc) is 3.30. The van der Waals surface area contributed by atoms with Gasteiger partial charge < -0.3 is 70.6 Å². The van der Waals surface area contributed by atoms with Gasteiger partial charge in [-0.25, -0.2) is 4.79 Å². The first kappa shape index (κ1) is 71.1. The van der Waals surface area contributed by atoms with Crippen molar-refractivity contribution in [2.75, 3.05) is 19.6 Å². The minimum atomic E-state index is -1.22. The molecule has 0 aliphatic heterocycles. The van der Waals surface area contributed by atoms with Gasteiger partial charge in [-0.05, 0) is 145 Å². The highest BCUT2D eigenvalue weighted by atomic mass is 16.4. The predicted octanol–water partition coefficient (Wildman–Crippen LogP) is 1.94. The number of nitrogens with one attached hydrogen (secondary N) is 8. The van der Waals surface area contributed by atoms with Crippen LogP contribution in [0.25, 0.3) is 0 Å². The van der Waals surface area contributed by atoms with E-state index < -0.39 is 108 Å². The van der Waals surface area contributed by atoms with Crippen molar-refractivity contribution in [3.05, 3.63) is 0 Å². The second-order valence-corrected chi connectivity index (χ2v) is 23.1. The molecule has 0 aliphatic rings. The molecular weight excluding hydrogens is 977 g/mol. The fourth-order valence-electron chi connectivity index (χ4n) is 8.55. The highest BCUT2D eigenvalue weighted by molar-refractivity contribution is 5.98. The van der Waals surface area contributed by atoms with Gasteiger partial charge in [0, 0.05) is 0 Å². The van der Waals surface area contributed by atoms with Gasteiger partial charge in [0.25, 0.3) is 0 Å². The Morgan fingerprint density at radius 3 is 0.737 bits per heavy atom. The van der Waals surface area contributed by atoms with Crippen LogP contribution in [-0.4, -0.2) is 132 Å². The highest BCUT2D eigenvalue weighted by Gasteiger charge is 2.36. The molecule has 0 saturated carbocycles. The molecule has 17 N–H and O–H groups in total. The Bertz CT molecular complexity index is 1780. The summed E-state index contributed by atoms with van der Waals surface area (Å²) in [5.74, 6) is -6.79. The van der Waals surface area contributed by atoms with E-state index in [0.717, 1.165) is 0 Å². The molecule has 0 radical (unpaired) electrons. The van der Waals surface area contributed by atoms with Crippen LogP contribution in [-0.2, 0) is 43.2 Å². The van der Waals surface area contributed by atoms with Crippen LogP contribution in [0.1, 0.15) is 179 Å². The van der Waals surface area contributed by atoms with Gasteiger partial charge in [0.1, 0.15) is 48.3 Å². The molecule has 0 rings (SSSR count). The summed E-state index contributed by atoms with van der Waals surface area (Å²) < 4.78 is 0. The SMILES string of the molecule is CC(C)C[C@H](NC(=O)[C@H](CC(C)C)NC(=O)[C@H](CC(C)C)NC(=O)[C@H](CCCCN)NC(=O)[C@H](CC(C)C)NC(=O)[C@H](CC(C)C)NC(=O)[C@H](CC(C)C)NC(=O)[C@@H](N)CCCCN)C(=O)N[C@@H](CCCCN)C(=O)O. The third-order valence-electron chi connectivity index (χ3n) is 12.5. The molecule has 76 heavy (non-hydrogen) atoms. The topological polar surface area (TPSA) is 374 Å². The molecule has 0 aromatic heterocycles. The van der Waals surface area contributed by atoms with Crippen LogP contribution in [0.3, 0.4) is 0 Å². The summed E-state index contributed by atoms with van der Waals surface area (Å²) >= 11 is 0. The Balaban J connectivity index is 6.71. The number of carboxylic acids is 1. The van der Waals surface area contributed by atoms with Crippen LogP contribution in [0, 0.1) is 35.5 Å². The average molecular weight is 1080 g/mol.